The monoisotopic (exact) mass is 306 g/mol. The number of rotatable bonds is 15. The summed E-state index contributed by atoms with van der Waals surface area (Å²) in [5, 5.41) is 0. The maximum Gasteiger partial charge on any atom is -0.0313 e. The molecule has 0 aromatic rings. The van der Waals surface area contributed by atoms with Crippen molar-refractivity contribution in [2.75, 3.05) is 0 Å². The molecule has 0 aromatic carbocycles. The molecular weight excluding hydrogens is 264 g/mol. The predicted molar refractivity (Wildman–Crippen MR) is 104 cm³/mol. The van der Waals surface area contributed by atoms with Crippen molar-refractivity contribution in [2.24, 2.45) is 0 Å². The van der Waals surface area contributed by atoms with E-state index < -0.39 is 0 Å². The highest BCUT2D eigenvalue weighted by Gasteiger charge is 1.94. The van der Waals surface area contributed by atoms with Crippen molar-refractivity contribution in [1.29, 1.82) is 0 Å². The molecule has 0 aromatic heterocycles. The summed E-state index contributed by atoms with van der Waals surface area (Å²) in [5.41, 5.74) is 3.20. The first-order valence-corrected chi connectivity index (χ1v) is 10.0. The minimum atomic E-state index is 1.23. The van der Waals surface area contributed by atoms with Crippen LogP contribution in [0.4, 0.5) is 0 Å². The van der Waals surface area contributed by atoms with Crippen LogP contribution in [0.3, 0.4) is 0 Å². The molecule has 0 fully saturated rings. The second-order valence-corrected chi connectivity index (χ2v) is 7.01. The Kier molecular flexibility index (Phi) is 16.4. The number of hydrogen-bond donors (Lipinski definition) is 0. The Morgan fingerprint density at radius 3 is 1.27 bits per heavy atom. The lowest BCUT2D eigenvalue weighted by Crippen LogP contribution is -1.83. The van der Waals surface area contributed by atoms with E-state index in [0.29, 0.717) is 0 Å². The van der Waals surface area contributed by atoms with Gasteiger partial charge < -0.3 is 0 Å². The number of hydrogen-bond acceptors (Lipinski definition) is 0. The molecule has 0 N–H and O–H groups in total. The average Bonchev–Trinajstić information content (AvgIpc) is 2.51. The third-order valence-corrected chi connectivity index (χ3v) is 4.50. The molecular formula is C22H42. The molecule has 0 unspecified atom stereocenters. The Hall–Kier alpha value is -0.520. The summed E-state index contributed by atoms with van der Waals surface area (Å²) in [6.07, 6.45) is 23.9. The van der Waals surface area contributed by atoms with Crippen molar-refractivity contribution in [3.63, 3.8) is 0 Å². The topological polar surface area (TPSA) is 0 Å². The van der Waals surface area contributed by atoms with Gasteiger partial charge in [0.2, 0.25) is 0 Å². The number of allylic oxidation sites excluding steroid dienone is 4. The van der Waals surface area contributed by atoms with E-state index in [4.69, 9.17) is 0 Å². The van der Waals surface area contributed by atoms with Crippen LogP contribution in [0.5, 0.6) is 0 Å². The summed E-state index contributed by atoms with van der Waals surface area (Å²) in [6, 6.07) is 0. The van der Waals surface area contributed by atoms with E-state index in [2.05, 4.69) is 39.8 Å². The fraction of sp³-hybridized carbons (Fsp3) is 0.818. The molecule has 0 aliphatic rings. The Morgan fingerprint density at radius 2 is 0.909 bits per heavy atom. The molecule has 0 aliphatic carbocycles. The lowest BCUT2D eigenvalue weighted by Gasteiger charge is -2.03. The zero-order valence-electron chi connectivity index (χ0n) is 16.1. The van der Waals surface area contributed by atoms with E-state index >= 15 is 0 Å². The van der Waals surface area contributed by atoms with Gasteiger partial charge in [-0.1, -0.05) is 88.5 Å². The second kappa shape index (κ2) is 16.8. The van der Waals surface area contributed by atoms with Gasteiger partial charge in [0, 0.05) is 0 Å². The van der Waals surface area contributed by atoms with Crippen molar-refractivity contribution in [3.8, 4) is 0 Å². The van der Waals surface area contributed by atoms with E-state index in [1.807, 2.05) is 0 Å². The fourth-order valence-electron chi connectivity index (χ4n) is 2.88. The van der Waals surface area contributed by atoms with Crippen molar-refractivity contribution in [2.45, 2.75) is 118 Å². The zero-order valence-corrected chi connectivity index (χ0v) is 16.1. The second-order valence-electron chi connectivity index (χ2n) is 7.01. The van der Waals surface area contributed by atoms with Gasteiger partial charge in [0.05, 0.1) is 0 Å². The van der Waals surface area contributed by atoms with Gasteiger partial charge >= 0.3 is 0 Å². The Morgan fingerprint density at radius 1 is 0.545 bits per heavy atom. The van der Waals surface area contributed by atoms with Gasteiger partial charge in [0.1, 0.15) is 0 Å². The standard InChI is InChI=1S/C22H42/c1-5-7-9-11-13-17-21(3)19-15-16-20-22(4)18-14-12-10-8-6-2/h19-20H,5-18H2,1-4H3/b21-19+,22-20+. The molecule has 0 aliphatic heterocycles. The quantitative estimate of drug-likeness (QED) is 0.210. The van der Waals surface area contributed by atoms with Crippen LogP contribution < -0.4 is 0 Å². The molecule has 0 nitrogen and oxygen atoms in total. The molecule has 0 heterocycles. The average molecular weight is 307 g/mol. The molecule has 0 saturated carbocycles. The molecule has 130 valence electrons. The minimum Gasteiger partial charge on any atom is -0.0853 e. The van der Waals surface area contributed by atoms with Crippen LogP contribution in [-0.4, -0.2) is 0 Å². The first-order valence-electron chi connectivity index (χ1n) is 10.0. The van der Waals surface area contributed by atoms with Gasteiger partial charge in [0.15, 0.2) is 0 Å². The number of unbranched alkanes of at least 4 members (excludes halogenated alkanes) is 9. The lowest BCUT2D eigenvalue weighted by molar-refractivity contribution is 0.629. The SMILES string of the molecule is CCCCCCC/C(C)=C/CC/C=C(\C)CCCCCCC. The fourth-order valence-corrected chi connectivity index (χ4v) is 2.88. The minimum absolute atomic E-state index is 1.23. The highest BCUT2D eigenvalue weighted by atomic mass is 14.0. The molecule has 0 rings (SSSR count). The van der Waals surface area contributed by atoms with E-state index in [9.17, 15) is 0 Å². The first-order chi connectivity index (χ1) is 10.7. The summed E-state index contributed by atoms with van der Waals surface area (Å²) in [7, 11) is 0. The van der Waals surface area contributed by atoms with Crippen LogP contribution in [0.15, 0.2) is 23.3 Å². The van der Waals surface area contributed by atoms with Crippen LogP contribution in [0.25, 0.3) is 0 Å². The predicted octanol–water partition coefficient (Wildman–Crippen LogP) is 8.38. The molecule has 0 heteroatoms. The molecule has 22 heavy (non-hydrogen) atoms. The van der Waals surface area contributed by atoms with Crippen LogP contribution >= 0.6 is 0 Å². The Balaban J connectivity index is 3.57. The summed E-state index contributed by atoms with van der Waals surface area (Å²) >= 11 is 0. The van der Waals surface area contributed by atoms with Crippen LogP contribution in [0, 0.1) is 0 Å². The van der Waals surface area contributed by atoms with Gasteiger partial charge in [-0.25, -0.2) is 0 Å². The summed E-state index contributed by atoms with van der Waals surface area (Å²) < 4.78 is 0. The first kappa shape index (κ1) is 21.5. The van der Waals surface area contributed by atoms with Gasteiger partial charge in [0.25, 0.3) is 0 Å². The van der Waals surface area contributed by atoms with Crippen LogP contribution in [-0.2, 0) is 0 Å². The maximum atomic E-state index is 2.46. The van der Waals surface area contributed by atoms with Crippen molar-refractivity contribution >= 4 is 0 Å². The zero-order chi connectivity index (χ0) is 16.5. The lowest BCUT2D eigenvalue weighted by atomic mass is 10.0. The van der Waals surface area contributed by atoms with E-state index in [0.717, 1.165) is 0 Å². The van der Waals surface area contributed by atoms with E-state index in [-0.39, 0.29) is 0 Å². The smallest absolute Gasteiger partial charge is 0.0313 e. The summed E-state index contributed by atoms with van der Waals surface area (Å²) in [4.78, 5) is 0. The third-order valence-electron chi connectivity index (χ3n) is 4.50. The molecule has 0 bridgehead atoms. The normalized spacial score (nSPS) is 12.9. The molecule has 0 saturated heterocycles. The highest BCUT2D eigenvalue weighted by molar-refractivity contribution is 5.02. The van der Waals surface area contributed by atoms with Crippen LogP contribution in [0.2, 0.25) is 0 Å². The van der Waals surface area contributed by atoms with Gasteiger partial charge in [-0.05, 0) is 52.4 Å². The van der Waals surface area contributed by atoms with Crippen molar-refractivity contribution in [3.05, 3.63) is 23.3 Å². The van der Waals surface area contributed by atoms with Crippen molar-refractivity contribution < 1.29 is 0 Å². The Labute approximate surface area is 141 Å². The molecule has 0 radical (unpaired) electrons. The van der Waals surface area contributed by atoms with Crippen LogP contribution in [0.1, 0.15) is 118 Å². The Bertz CT molecular complexity index is 252. The van der Waals surface area contributed by atoms with Gasteiger partial charge in [-0.3, -0.25) is 0 Å². The van der Waals surface area contributed by atoms with Gasteiger partial charge in [-0.15, -0.1) is 0 Å². The van der Waals surface area contributed by atoms with E-state index in [1.54, 1.807) is 11.1 Å². The van der Waals surface area contributed by atoms with E-state index in [1.165, 1.54) is 89.9 Å². The van der Waals surface area contributed by atoms with Gasteiger partial charge in [-0.2, -0.15) is 0 Å². The van der Waals surface area contributed by atoms with Crippen molar-refractivity contribution in [1.82, 2.24) is 0 Å². The highest BCUT2D eigenvalue weighted by Crippen LogP contribution is 2.14. The largest absolute Gasteiger partial charge is 0.0853 e. The molecule has 0 amide bonds. The molecule has 0 spiro atoms. The third kappa shape index (κ3) is 15.9. The molecule has 0 atom stereocenters. The summed E-state index contributed by atoms with van der Waals surface area (Å²) in [5.74, 6) is 0. The summed E-state index contributed by atoms with van der Waals surface area (Å²) in [6.45, 7) is 9.19. The maximum absolute atomic E-state index is 2.46.